The zero-order valence-electron chi connectivity index (χ0n) is 13.8. The van der Waals surface area contributed by atoms with Gasteiger partial charge in [0.25, 0.3) is 0 Å². The van der Waals surface area contributed by atoms with E-state index in [2.05, 4.69) is 58.7 Å². The Labute approximate surface area is 116 Å². The second-order valence-electron chi connectivity index (χ2n) is 6.13. The molecule has 0 saturated carbocycles. The van der Waals surface area contributed by atoms with E-state index in [1.165, 1.54) is 25.8 Å². The minimum atomic E-state index is 0.590. The molecule has 0 fully saturated rings. The molecule has 0 aromatic carbocycles. The van der Waals surface area contributed by atoms with Gasteiger partial charge in [0.05, 0.1) is 0 Å². The van der Waals surface area contributed by atoms with E-state index in [-0.39, 0.29) is 0 Å². The number of hydrogen-bond acceptors (Lipinski definition) is 2. The van der Waals surface area contributed by atoms with E-state index in [0.29, 0.717) is 24.0 Å². The molecule has 0 aromatic heterocycles. The van der Waals surface area contributed by atoms with Crippen molar-refractivity contribution in [1.82, 2.24) is 10.2 Å². The number of unbranched alkanes of at least 4 members (excludes halogenated alkanes) is 1. The van der Waals surface area contributed by atoms with Gasteiger partial charge < -0.3 is 5.32 Å². The molecule has 0 radical (unpaired) electrons. The molecule has 0 aromatic rings. The Kier molecular flexibility index (Phi) is 9.76. The summed E-state index contributed by atoms with van der Waals surface area (Å²) in [5, 5.41) is 3.57. The van der Waals surface area contributed by atoms with Crippen LogP contribution in [0.25, 0.3) is 0 Å². The molecule has 0 heterocycles. The molecule has 3 atom stereocenters. The van der Waals surface area contributed by atoms with Gasteiger partial charge in [0.15, 0.2) is 0 Å². The Hall–Kier alpha value is -0.0800. The highest BCUT2D eigenvalue weighted by molar-refractivity contribution is 4.78. The van der Waals surface area contributed by atoms with Crippen LogP contribution < -0.4 is 5.32 Å². The van der Waals surface area contributed by atoms with Gasteiger partial charge in [0, 0.05) is 18.1 Å². The SMILES string of the molecule is CCCCN(C(C)CC)C(C)C(C)CNC(C)C. The molecular formula is C16H36N2. The summed E-state index contributed by atoms with van der Waals surface area (Å²) in [4.78, 5) is 2.70. The molecule has 0 rings (SSSR count). The quantitative estimate of drug-likeness (QED) is 0.637. The summed E-state index contributed by atoms with van der Waals surface area (Å²) in [6, 6.07) is 1.96. The van der Waals surface area contributed by atoms with Crippen LogP contribution in [0.5, 0.6) is 0 Å². The molecule has 0 aliphatic carbocycles. The zero-order chi connectivity index (χ0) is 14.1. The molecule has 110 valence electrons. The van der Waals surface area contributed by atoms with Gasteiger partial charge in [-0.25, -0.2) is 0 Å². The maximum atomic E-state index is 3.57. The second-order valence-corrected chi connectivity index (χ2v) is 6.13. The first kappa shape index (κ1) is 17.9. The van der Waals surface area contributed by atoms with Gasteiger partial charge in [-0.05, 0) is 45.7 Å². The normalized spacial score (nSPS) is 17.2. The van der Waals surface area contributed by atoms with Crippen LogP contribution in [-0.2, 0) is 0 Å². The fourth-order valence-corrected chi connectivity index (χ4v) is 2.32. The van der Waals surface area contributed by atoms with Gasteiger partial charge in [-0.2, -0.15) is 0 Å². The highest BCUT2D eigenvalue weighted by Gasteiger charge is 2.23. The standard InChI is InChI=1S/C16H36N2/c1-8-10-11-18(15(6)9-2)16(7)14(5)12-17-13(3)4/h13-17H,8-12H2,1-7H3. The van der Waals surface area contributed by atoms with E-state index in [0.717, 1.165) is 6.54 Å². The minimum Gasteiger partial charge on any atom is -0.314 e. The topological polar surface area (TPSA) is 15.3 Å². The lowest BCUT2D eigenvalue weighted by Gasteiger charge is -2.38. The Bertz CT molecular complexity index is 192. The van der Waals surface area contributed by atoms with Crippen molar-refractivity contribution in [3.63, 3.8) is 0 Å². The first-order valence-corrected chi connectivity index (χ1v) is 7.93. The van der Waals surface area contributed by atoms with Crippen molar-refractivity contribution in [2.24, 2.45) is 5.92 Å². The van der Waals surface area contributed by atoms with Crippen molar-refractivity contribution < 1.29 is 0 Å². The fourth-order valence-electron chi connectivity index (χ4n) is 2.32. The van der Waals surface area contributed by atoms with E-state index in [1.807, 2.05) is 0 Å². The van der Waals surface area contributed by atoms with E-state index in [4.69, 9.17) is 0 Å². The maximum absolute atomic E-state index is 3.57. The third-order valence-corrected chi connectivity index (χ3v) is 4.12. The average Bonchev–Trinajstić information content (AvgIpc) is 2.35. The van der Waals surface area contributed by atoms with E-state index < -0.39 is 0 Å². The van der Waals surface area contributed by atoms with Crippen molar-refractivity contribution in [1.29, 1.82) is 0 Å². The number of nitrogens with zero attached hydrogens (tertiary/aromatic N) is 1. The first-order valence-electron chi connectivity index (χ1n) is 7.93. The lowest BCUT2D eigenvalue weighted by Crippen LogP contribution is -2.46. The van der Waals surface area contributed by atoms with Crippen LogP contribution in [0.1, 0.15) is 67.7 Å². The third kappa shape index (κ3) is 6.75. The minimum absolute atomic E-state index is 0.590. The fraction of sp³-hybridized carbons (Fsp3) is 1.00. The maximum Gasteiger partial charge on any atom is 0.0107 e. The van der Waals surface area contributed by atoms with Gasteiger partial charge in [0.1, 0.15) is 0 Å². The Morgan fingerprint density at radius 3 is 2.06 bits per heavy atom. The Balaban J connectivity index is 4.37. The third-order valence-electron chi connectivity index (χ3n) is 4.12. The predicted molar refractivity (Wildman–Crippen MR) is 83.1 cm³/mol. The summed E-state index contributed by atoms with van der Waals surface area (Å²) in [6.07, 6.45) is 3.86. The summed E-state index contributed by atoms with van der Waals surface area (Å²) in [6.45, 7) is 18.5. The molecule has 2 heteroatoms. The monoisotopic (exact) mass is 256 g/mol. The molecule has 0 amide bonds. The van der Waals surface area contributed by atoms with Crippen molar-refractivity contribution in [2.45, 2.75) is 85.9 Å². The van der Waals surface area contributed by atoms with Gasteiger partial charge >= 0.3 is 0 Å². The average molecular weight is 256 g/mol. The first-order chi connectivity index (χ1) is 8.43. The van der Waals surface area contributed by atoms with E-state index in [9.17, 15) is 0 Å². The van der Waals surface area contributed by atoms with Crippen molar-refractivity contribution in [2.75, 3.05) is 13.1 Å². The molecule has 2 nitrogen and oxygen atoms in total. The Morgan fingerprint density at radius 2 is 1.61 bits per heavy atom. The van der Waals surface area contributed by atoms with Crippen molar-refractivity contribution >= 4 is 0 Å². The molecular weight excluding hydrogens is 220 g/mol. The Morgan fingerprint density at radius 1 is 1.00 bits per heavy atom. The molecule has 18 heavy (non-hydrogen) atoms. The lowest BCUT2D eigenvalue weighted by molar-refractivity contribution is 0.109. The predicted octanol–water partition coefficient (Wildman–Crippen LogP) is 3.91. The van der Waals surface area contributed by atoms with Crippen LogP contribution in [0.3, 0.4) is 0 Å². The number of nitrogens with one attached hydrogen (secondary N) is 1. The van der Waals surface area contributed by atoms with Crippen molar-refractivity contribution in [3.8, 4) is 0 Å². The number of hydrogen-bond donors (Lipinski definition) is 1. The van der Waals surface area contributed by atoms with Crippen LogP contribution in [0.2, 0.25) is 0 Å². The smallest absolute Gasteiger partial charge is 0.0107 e. The summed E-state index contributed by atoms with van der Waals surface area (Å²) >= 11 is 0. The molecule has 0 saturated heterocycles. The summed E-state index contributed by atoms with van der Waals surface area (Å²) < 4.78 is 0. The van der Waals surface area contributed by atoms with Crippen LogP contribution in [0.15, 0.2) is 0 Å². The van der Waals surface area contributed by atoms with E-state index >= 15 is 0 Å². The van der Waals surface area contributed by atoms with Gasteiger partial charge in [0.2, 0.25) is 0 Å². The van der Waals surface area contributed by atoms with Crippen LogP contribution in [-0.4, -0.2) is 36.1 Å². The largest absolute Gasteiger partial charge is 0.314 e. The van der Waals surface area contributed by atoms with Crippen molar-refractivity contribution in [3.05, 3.63) is 0 Å². The van der Waals surface area contributed by atoms with Gasteiger partial charge in [-0.1, -0.05) is 41.0 Å². The highest BCUT2D eigenvalue weighted by atomic mass is 15.2. The lowest BCUT2D eigenvalue weighted by atomic mass is 9.99. The number of rotatable bonds is 10. The summed E-state index contributed by atoms with van der Waals surface area (Å²) in [5.41, 5.74) is 0. The molecule has 0 aliphatic heterocycles. The molecule has 0 aliphatic rings. The molecule has 0 spiro atoms. The van der Waals surface area contributed by atoms with Gasteiger partial charge in [-0.15, -0.1) is 0 Å². The zero-order valence-corrected chi connectivity index (χ0v) is 13.8. The highest BCUT2D eigenvalue weighted by Crippen LogP contribution is 2.16. The molecule has 1 N–H and O–H groups in total. The summed E-state index contributed by atoms with van der Waals surface area (Å²) in [5.74, 6) is 0.707. The van der Waals surface area contributed by atoms with Gasteiger partial charge in [-0.3, -0.25) is 4.90 Å². The molecule has 0 bridgehead atoms. The van der Waals surface area contributed by atoms with Crippen LogP contribution in [0, 0.1) is 5.92 Å². The van der Waals surface area contributed by atoms with Crippen LogP contribution in [0.4, 0.5) is 0 Å². The van der Waals surface area contributed by atoms with E-state index in [1.54, 1.807) is 0 Å². The second kappa shape index (κ2) is 9.80. The molecule has 3 unspecified atom stereocenters. The summed E-state index contributed by atoms with van der Waals surface area (Å²) in [7, 11) is 0. The van der Waals surface area contributed by atoms with Crippen LogP contribution >= 0.6 is 0 Å².